The van der Waals surface area contributed by atoms with Gasteiger partial charge in [0.25, 0.3) is 0 Å². The van der Waals surface area contributed by atoms with Gasteiger partial charge in [-0.2, -0.15) is 0 Å². The Bertz CT molecular complexity index is 419. The van der Waals surface area contributed by atoms with Crippen LogP contribution < -0.4 is 5.32 Å². The molecule has 0 atom stereocenters. The number of carbonyl (C=O) groups excluding carboxylic acids is 1. The highest BCUT2D eigenvalue weighted by atomic mass is 79.9. The number of halogens is 1. The maximum Gasteiger partial charge on any atom is 0.335 e. The molecule has 0 radical (unpaired) electrons. The van der Waals surface area contributed by atoms with Gasteiger partial charge in [-0.05, 0) is 18.2 Å². The molecule has 5 nitrogen and oxygen atoms in total. The molecule has 0 fully saturated rings. The minimum Gasteiger partial charge on any atom is -0.506 e. The number of rotatable bonds is 4. The van der Waals surface area contributed by atoms with Crippen LogP contribution in [0, 0.1) is 0 Å². The summed E-state index contributed by atoms with van der Waals surface area (Å²) in [5.74, 6) is -1.65. The van der Waals surface area contributed by atoms with Crippen LogP contribution >= 0.6 is 15.9 Å². The molecular weight excluding hydrogens is 278 g/mol. The van der Waals surface area contributed by atoms with E-state index in [4.69, 9.17) is 5.11 Å². The first-order chi connectivity index (χ1) is 7.54. The number of phenols is 1. The molecule has 1 amide bonds. The third-order valence-electron chi connectivity index (χ3n) is 1.84. The summed E-state index contributed by atoms with van der Waals surface area (Å²) in [5, 5.41) is 21.1. The number of alkyl halides is 1. The number of hydrogen-bond acceptors (Lipinski definition) is 3. The zero-order valence-electron chi connectivity index (χ0n) is 8.24. The fraction of sp³-hybridized carbons (Fsp3) is 0.200. The highest BCUT2D eigenvalue weighted by Gasteiger charge is 2.09. The van der Waals surface area contributed by atoms with Gasteiger partial charge in [-0.25, -0.2) is 4.79 Å². The van der Waals surface area contributed by atoms with E-state index in [2.05, 4.69) is 21.2 Å². The molecule has 0 bridgehead atoms. The summed E-state index contributed by atoms with van der Waals surface area (Å²) in [6.45, 7) is 0. The molecule has 16 heavy (non-hydrogen) atoms. The normalized spacial score (nSPS) is 9.81. The van der Waals surface area contributed by atoms with Crippen LogP contribution in [0.15, 0.2) is 18.2 Å². The maximum atomic E-state index is 11.2. The number of aromatic carboxylic acids is 1. The molecule has 0 aliphatic rings. The Morgan fingerprint density at radius 2 is 2.06 bits per heavy atom. The first-order valence-corrected chi connectivity index (χ1v) is 5.59. The molecule has 1 rings (SSSR count). The van der Waals surface area contributed by atoms with E-state index >= 15 is 0 Å². The van der Waals surface area contributed by atoms with Gasteiger partial charge < -0.3 is 15.5 Å². The molecule has 3 N–H and O–H groups in total. The number of benzene rings is 1. The van der Waals surface area contributed by atoms with Gasteiger partial charge in [0, 0.05) is 11.8 Å². The summed E-state index contributed by atoms with van der Waals surface area (Å²) in [5.41, 5.74) is 0.173. The summed E-state index contributed by atoms with van der Waals surface area (Å²) in [7, 11) is 0. The number of anilines is 1. The number of phenolic OH excluding ortho intramolecular Hbond substituents is 1. The van der Waals surface area contributed by atoms with Crippen LogP contribution in [-0.2, 0) is 4.79 Å². The van der Waals surface area contributed by atoms with Gasteiger partial charge >= 0.3 is 5.97 Å². The number of amides is 1. The lowest BCUT2D eigenvalue weighted by Gasteiger charge is -2.06. The van der Waals surface area contributed by atoms with E-state index in [1.54, 1.807) is 0 Å². The first kappa shape index (κ1) is 12.5. The number of carboxylic acid groups (broad SMARTS) is 1. The summed E-state index contributed by atoms with van der Waals surface area (Å²) in [6.07, 6.45) is 0.278. The number of carboxylic acids is 1. The first-order valence-electron chi connectivity index (χ1n) is 4.46. The van der Waals surface area contributed by atoms with Crippen molar-refractivity contribution in [3.05, 3.63) is 23.8 Å². The summed E-state index contributed by atoms with van der Waals surface area (Å²) < 4.78 is 0. The fourth-order valence-electron chi connectivity index (χ4n) is 1.07. The van der Waals surface area contributed by atoms with Crippen LogP contribution in [0.25, 0.3) is 0 Å². The molecule has 6 heteroatoms. The standard InChI is InChI=1S/C10H10BrNO4/c11-4-3-9(14)12-7-2-1-6(10(15)16)5-8(7)13/h1-2,5,13H,3-4H2,(H,12,14)(H,15,16). The Morgan fingerprint density at radius 3 is 2.56 bits per heavy atom. The molecule has 0 aliphatic carbocycles. The van der Waals surface area contributed by atoms with Gasteiger partial charge in [-0.15, -0.1) is 0 Å². The van der Waals surface area contributed by atoms with Gasteiger partial charge in [0.2, 0.25) is 5.91 Å². The van der Waals surface area contributed by atoms with E-state index in [9.17, 15) is 14.7 Å². The number of hydrogen-bond donors (Lipinski definition) is 3. The van der Waals surface area contributed by atoms with E-state index in [1.165, 1.54) is 12.1 Å². The molecule has 1 aromatic carbocycles. The van der Waals surface area contributed by atoms with Crippen molar-refractivity contribution in [2.45, 2.75) is 6.42 Å². The summed E-state index contributed by atoms with van der Waals surface area (Å²) in [4.78, 5) is 21.8. The highest BCUT2D eigenvalue weighted by molar-refractivity contribution is 9.09. The lowest BCUT2D eigenvalue weighted by Crippen LogP contribution is -2.11. The van der Waals surface area contributed by atoms with Crippen molar-refractivity contribution < 1.29 is 19.8 Å². The minimum absolute atomic E-state index is 0.0315. The molecule has 86 valence electrons. The van der Waals surface area contributed by atoms with Gasteiger partial charge in [0.05, 0.1) is 11.3 Å². The van der Waals surface area contributed by atoms with Crippen LogP contribution in [0.4, 0.5) is 5.69 Å². The van der Waals surface area contributed by atoms with Crippen molar-refractivity contribution in [2.75, 3.05) is 10.6 Å². The Labute approximate surface area is 100 Å². The smallest absolute Gasteiger partial charge is 0.335 e. The van der Waals surface area contributed by atoms with Crippen LogP contribution in [0.2, 0.25) is 0 Å². The Hall–Kier alpha value is -1.56. The number of nitrogens with one attached hydrogen (secondary N) is 1. The minimum atomic E-state index is -1.13. The second-order valence-electron chi connectivity index (χ2n) is 3.02. The fourth-order valence-corrected chi connectivity index (χ4v) is 1.43. The molecule has 0 aliphatic heterocycles. The quantitative estimate of drug-likeness (QED) is 0.582. The van der Waals surface area contributed by atoms with Crippen molar-refractivity contribution in [1.82, 2.24) is 0 Å². The van der Waals surface area contributed by atoms with E-state index in [-0.39, 0.29) is 29.3 Å². The Kier molecular flexibility index (Phi) is 4.30. The predicted octanol–water partition coefficient (Wildman–Crippen LogP) is 1.81. The molecule has 0 aromatic heterocycles. The number of carbonyl (C=O) groups is 2. The lowest BCUT2D eigenvalue weighted by molar-refractivity contribution is -0.115. The van der Waals surface area contributed by atoms with Crippen LogP contribution in [-0.4, -0.2) is 27.4 Å². The Morgan fingerprint density at radius 1 is 1.38 bits per heavy atom. The largest absolute Gasteiger partial charge is 0.506 e. The topological polar surface area (TPSA) is 86.6 Å². The second kappa shape index (κ2) is 5.50. The van der Waals surface area contributed by atoms with E-state index in [0.29, 0.717) is 5.33 Å². The van der Waals surface area contributed by atoms with Crippen LogP contribution in [0.3, 0.4) is 0 Å². The highest BCUT2D eigenvalue weighted by Crippen LogP contribution is 2.24. The maximum absolute atomic E-state index is 11.2. The SMILES string of the molecule is O=C(CCBr)Nc1ccc(C(=O)O)cc1O. The molecule has 0 spiro atoms. The van der Waals surface area contributed by atoms with Gasteiger partial charge in [0.1, 0.15) is 5.75 Å². The van der Waals surface area contributed by atoms with Gasteiger partial charge in [-0.1, -0.05) is 15.9 Å². The molecule has 0 unspecified atom stereocenters. The predicted molar refractivity (Wildman–Crippen MR) is 62.1 cm³/mol. The third kappa shape index (κ3) is 3.23. The number of aromatic hydroxyl groups is 1. The van der Waals surface area contributed by atoms with Crippen LogP contribution in [0.5, 0.6) is 5.75 Å². The van der Waals surface area contributed by atoms with Gasteiger partial charge in [-0.3, -0.25) is 4.79 Å². The molecule has 1 aromatic rings. The van der Waals surface area contributed by atoms with Crippen molar-refractivity contribution in [3.8, 4) is 5.75 Å². The molecule has 0 saturated heterocycles. The molecular formula is C10H10BrNO4. The van der Waals surface area contributed by atoms with Crippen LogP contribution in [0.1, 0.15) is 16.8 Å². The zero-order chi connectivity index (χ0) is 12.1. The Balaban J connectivity index is 2.83. The lowest BCUT2D eigenvalue weighted by atomic mass is 10.2. The second-order valence-corrected chi connectivity index (χ2v) is 3.82. The average Bonchev–Trinajstić information content (AvgIpc) is 2.21. The van der Waals surface area contributed by atoms with Gasteiger partial charge in [0.15, 0.2) is 0 Å². The monoisotopic (exact) mass is 287 g/mol. The van der Waals surface area contributed by atoms with E-state index < -0.39 is 5.97 Å². The van der Waals surface area contributed by atoms with E-state index in [1.807, 2.05) is 0 Å². The van der Waals surface area contributed by atoms with Crippen molar-refractivity contribution >= 4 is 33.5 Å². The average molecular weight is 288 g/mol. The molecule has 0 saturated carbocycles. The summed E-state index contributed by atoms with van der Waals surface area (Å²) in [6, 6.07) is 3.75. The zero-order valence-corrected chi connectivity index (χ0v) is 9.82. The summed E-state index contributed by atoms with van der Waals surface area (Å²) >= 11 is 3.11. The van der Waals surface area contributed by atoms with Crippen molar-refractivity contribution in [2.24, 2.45) is 0 Å². The van der Waals surface area contributed by atoms with E-state index in [0.717, 1.165) is 6.07 Å². The van der Waals surface area contributed by atoms with Crippen molar-refractivity contribution in [3.63, 3.8) is 0 Å². The molecule has 0 heterocycles. The van der Waals surface area contributed by atoms with Crippen molar-refractivity contribution in [1.29, 1.82) is 0 Å². The third-order valence-corrected chi connectivity index (χ3v) is 2.24.